The third-order valence-electron chi connectivity index (χ3n) is 5.63. The number of ether oxygens (including phenoxy) is 1. The van der Waals surface area contributed by atoms with Gasteiger partial charge in [0.2, 0.25) is 0 Å². The van der Waals surface area contributed by atoms with Gasteiger partial charge in [-0.05, 0) is 69.5 Å². The molecule has 2 fully saturated rings. The van der Waals surface area contributed by atoms with Crippen LogP contribution in [0.3, 0.4) is 0 Å². The first-order valence-electron chi connectivity index (χ1n) is 8.52. The lowest BCUT2D eigenvalue weighted by Gasteiger charge is -2.43. The number of methoxy groups -OCH3 is 1. The molecule has 2 aliphatic rings. The number of nitrogens with zero attached hydrogens (tertiary/aromatic N) is 1. The highest BCUT2D eigenvalue weighted by Gasteiger charge is 2.34. The minimum atomic E-state index is 0.713. The molecule has 1 heterocycles. The molecule has 3 nitrogen and oxygen atoms in total. The predicted octanol–water partition coefficient (Wildman–Crippen LogP) is 2.62. The van der Waals surface area contributed by atoms with Gasteiger partial charge in [0.1, 0.15) is 0 Å². The van der Waals surface area contributed by atoms with Crippen molar-refractivity contribution in [3.05, 3.63) is 0 Å². The van der Waals surface area contributed by atoms with E-state index >= 15 is 0 Å². The third kappa shape index (κ3) is 4.19. The van der Waals surface area contributed by atoms with Crippen molar-refractivity contribution in [2.75, 3.05) is 40.4 Å². The predicted molar refractivity (Wildman–Crippen MR) is 84.9 cm³/mol. The zero-order valence-electron chi connectivity index (χ0n) is 13.9. The molecular formula is C17H34N2O. The smallest absolute Gasteiger partial charge is 0.0491 e. The molecule has 0 bridgehead atoms. The van der Waals surface area contributed by atoms with Gasteiger partial charge in [0.15, 0.2) is 0 Å². The van der Waals surface area contributed by atoms with E-state index in [9.17, 15) is 0 Å². The van der Waals surface area contributed by atoms with Gasteiger partial charge < -0.3 is 15.0 Å². The Morgan fingerprint density at radius 3 is 2.45 bits per heavy atom. The molecule has 0 spiro atoms. The molecule has 1 N–H and O–H groups in total. The Bertz CT molecular complexity index is 276. The number of piperidine rings is 1. The molecule has 4 atom stereocenters. The fourth-order valence-corrected chi connectivity index (χ4v) is 4.42. The maximum atomic E-state index is 5.30. The highest BCUT2D eigenvalue weighted by Crippen LogP contribution is 2.34. The zero-order valence-corrected chi connectivity index (χ0v) is 13.9. The van der Waals surface area contributed by atoms with Crippen molar-refractivity contribution in [1.82, 2.24) is 10.2 Å². The van der Waals surface area contributed by atoms with Gasteiger partial charge in [-0.1, -0.05) is 13.8 Å². The van der Waals surface area contributed by atoms with Gasteiger partial charge in [-0.25, -0.2) is 0 Å². The summed E-state index contributed by atoms with van der Waals surface area (Å²) in [4.78, 5) is 2.70. The lowest BCUT2D eigenvalue weighted by molar-refractivity contribution is 0.0641. The Balaban J connectivity index is 1.83. The lowest BCUT2D eigenvalue weighted by Crippen LogP contribution is -2.49. The minimum absolute atomic E-state index is 0.713. The van der Waals surface area contributed by atoms with Crippen molar-refractivity contribution in [2.24, 2.45) is 23.7 Å². The zero-order chi connectivity index (χ0) is 14.5. The van der Waals surface area contributed by atoms with Gasteiger partial charge in [-0.15, -0.1) is 0 Å². The Morgan fingerprint density at radius 1 is 1.15 bits per heavy atom. The maximum absolute atomic E-state index is 5.30. The van der Waals surface area contributed by atoms with Gasteiger partial charge >= 0.3 is 0 Å². The van der Waals surface area contributed by atoms with Gasteiger partial charge in [0.25, 0.3) is 0 Å². The first-order valence-corrected chi connectivity index (χ1v) is 8.52. The molecule has 0 amide bonds. The van der Waals surface area contributed by atoms with E-state index in [1.54, 1.807) is 0 Å². The molecule has 2 rings (SSSR count). The second-order valence-electron chi connectivity index (χ2n) is 7.31. The first kappa shape index (κ1) is 16.3. The Morgan fingerprint density at radius 2 is 1.85 bits per heavy atom. The summed E-state index contributed by atoms with van der Waals surface area (Å²) < 4.78 is 5.30. The standard InChI is InChI=1S/C17H34N2O/c1-13-9-14(2)16(17(10-13)18-3)11-19-7-5-15(6-8-19)12-20-4/h13-18H,5-12H2,1-4H3. The monoisotopic (exact) mass is 282 g/mol. The van der Waals surface area contributed by atoms with Gasteiger partial charge in [-0.3, -0.25) is 0 Å². The summed E-state index contributed by atoms with van der Waals surface area (Å²) in [5, 5.41) is 3.59. The van der Waals surface area contributed by atoms with E-state index in [1.807, 2.05) is 7.11 Å². The van der Waals surface area contributed by atoms with E-state index in [2.05, 4.69) is 31.1 Å². The van der Waals surface area contributed by atoms with Crippen LogP contribution in [-0.2, 0) is 4.74 Å². The fourth-order valence-electron chi connectivity index (χ4n) is 4.42. The van der Waals surface area contributed by atoms with Gasteiger partial charge in [0.05, 0.1) is 0 Å². The van der Waals surface area contributed by atoms with Crippen LogP contribution in [0.1, 0.15) is 39.5 Å². The van der Waals surface area contributed by atoms with E-state index in [-0.39, 0.29) is 0 Å². The van der Waals surface area contributed by atoms with Crippen molar-refractivity contribution >= 4 is 0 Å². The van der Waals surface area contributed by atoms with E-state index < -0.39 is 0 Å². The molecule has 1 aliphatic heterocycles. The molecule has 1 aliphatic carbocycles. The average molecular weight is 282 g/mol. The molecule has 4 unspecified atom stereocenters. The number of rotatable bonds is 5. The number of likely N-dealkylation sites (tertiary alicyclic amines) is 1. The second-order valence-corrected chi connectivity index (χ2v) is 7.31. The van der Waals surface area contributed by atoms with Gasteiger partial charge in [0, 0.05) is 26.3 Å². The summed E-state index contributed by atoms with van der Waals surface area (Å²) in [5.74, 6) is 3.36. The molecule has 0 aromatic heterocycles. The van der Waals surface area contributed by atoms with E-state index in [4.69, 9.17) is 4.74 Å². The number of hydrogen-bond acceptors (Lipinski definition) is 3. The molecular weight excluding hydrogens is 248 g/mol. The molecule has 0 aromatic rings. The highest BCUT2D eigenvalue weighted by atomic mass is 16.5. The van der Waals surface area contributed by atoms with Crippen LogP contribution in [0.4, 0.5) is 0 Å². The number of hydrogen-bond donors (Lipinski definition) is 1. The van der Waals surface area contributed by atoms with Crippen LogP contribution < -0.4 is 5.32 Å². The molecule has 0 radical (unpaired) electrons. The molecule has 3 heteroatoms. The molecule has 0 aromatic carbocycles. The van der Waals surface area contributed by atoms with Crippen molar-refractivity contribution in [1.29, 1.82) is 0 Å². The topological polar surface area (TPSA) is 24.5 Å². The van der Waals surface area contributed by atoms with Crippen molar-refractivity contribution < 1.29 is 4.74 Å². The Kier molecular flexibility index (Phi) is 6.31. The fraction of sp³-hybridized carbons (Fsp3) is 1.00. The van der Waals surface area contributed by atoms with Crippen LogP contribution in [0.2, 0.25) is 0 Å². The average Bonchev–Trinajstić information content (AvgIpc) is 2.43. The van der Waals surface area contributed by atoms with E-state index in [0.717, 1.165) is 30.3 Å². The summed E-state index contributed by atoms with van der Waals surface area (Å²) >= 11 is 0. The Labute approximate surface area is 125 Å². The first-order chi connectivity index (χ1) is 9.63. The summed E-state index contributed by atoms with van der Waals surface area (Å²) in [6.45, 7) is 9.64. The van der Waals surface area contributed by atoms with Crippen LogP contribution in [-0.4, -0.2) is 51.3 Å². The quantitative estimate of drug-likeness (QED) is 0.839. The van der Waals surface area contributed by atoms with Crippen LogP contribution in [0.25, 0.3) is 0 Å². The SMILES string of the molecule is CNC1CC(C)CC(C)C1CN1CCC(COC)CC1. The van der Waals surface area contributed by atoms with Gasteiger partial charge in [-0.2, -0.15) is 0 Å². The van der Waals surface area contributed by atoms with Crippen LogP contribution in [0.5, 0.6) is 0 Å². The normalized spacial score (nSPS) is 37.2. The molecule has 20 heavy (non-hydrogen) atoms. The lowest BCUT2D eigenvalue weighted by atomic mass is 9.72. The third-order valence-corrected chi connectivity index (χ3v) is 5.63. The summed E-state index contributed by atoms with van der Waals surface area (Å²) in [7, 11) is 3.97. The Hall–Kier alpha value is -0.120. The van der Waals surface area contributed by atoms with E-state index in [0.29, 0.717) is 6.04 Å². The minimum Gasteiger partial charge on any atom is -0.384 e. The second kappa shape index (κ2) is 7.77. The van der Waals surface area contributed by atoms with E-state index in [1.165, 1.54) is 45.3 Å². The van der Waals surface area contributed by atoms with Crippen molar-refractivity contribution in [3.63, 3.8) is 0 Å². The molecule has 1 saturated heterocycles. The largest absolute Gasteiger partial charge is 0.384 e. The van der Waals surface area contributed by atoms with Crippen LogP contribution in [0, 0.1) is 23.7 Å². The van der Waals surface area contributed by atoms with Crippen molar-refractivity contribution in [3.8, 4) is 0 Å². The molecule has 1 saturated carbocycles. The summed E-state index contributed by atoms with van der Waals surface area (Å²) in [5.41, 5.74) is 0. The summed E-state index contributed by atoms with van der Waals surface area (Å²) in [6, 6.07) is 0.713. The summed E-state index contributed by atoms with van der Waals surface area (Å²) in [6.07, 6.45) is 5.39. The highest BCUT2D eigenvalue weighted by molar-refractivity contribution is 4.89. The van der Waals surface area contributed by atoms with Crippen molar-refractivity contribution in [2.45, 2.75) is 45.6 Å². The maximum Gasteiger partial charge on any atom is 0.0491 e. The number of nitrogens with one attached hydrogen (secondary N) is 1. The van der Waals surface area contributed by atoms with Crippen LogP contribution >= 0.6 is 0 Å². The van der Waals surface area contributed by atoms with Crippen LogP contribution in [0.15, 0.2) is 0 Å². The molecule has 118 valence electrons.